The molecule has 0 atom stereocenters. The Morgan fingerprint density at radius 1 is 1.13 bits per heavy atom. The molecule has 1 fully saturated rings. The number of nitrogens with zero attached hydrogens (tertiary/aromatic N) is 3. The van der Waals surface area contributed by atoms with E-state index in [0.29, 0.717) is 11.7 Å². The highest BCUT2D eigenvalue weighted by Crippen LogP contribution is 2.20. The SMILES string of the molecule is CCCN(CCC)C(=O)c1cc(NC2CCCCCC2)ncn1. The van der Waals surface area contributed by atoms with Crippen LogP contribution in [0.3, 0.4) is 0 Å². The van der Waals surface area contributed by atoms with E-state index in [9.17, 15) is 4.79 Å². The van der Waals surface area contributed by atoms with Crippen LogP contribution in [0.1, 0.15) is 75.7 Å². The van der Waals surface area contributed by atoms with Crippen LogP contribution >= 0.6 is 0 Å². The summed E-state index contributed by atoms with van der Waals surface area (Å²) in [4.78, 5) is 23.0. The summed E-state index contributed by atoms with van der Waals surface area (Å²) < 4.78 is 0. The zero-order valence-electron chi connectivity index (χ0n) is 14.6. The zero-order valence-corrected chi connectivity index (χ0v) is 14.6. The molecular weight excluding hydrogens is 288 g/mol. The molecule has 2 rings (SSSR count). The third-order valence-electron chi connectivity index (χ3n) is 4.37. The van der Waals surface area contributed by atoms with Crippen molar-refractivity contribution < 1.29 is 4.79 Å². The first-order chi connectivity index (χ1) is 11.2. The van der Waals surface area contributed by atoms with Gasteiger partial charge in [0, 0.05) is 25.2 Å². The fourth-order valence-corrected chi connectivity index (χ4v) is 3.20. The molecule has 0 bridgehead atoms. The number of rotatable bonds is 7. The normalized spacial score (nSPS) is 15.9. The predicted molar refractivity (Wildman–Crippen MR) is 93.6 cm³/mol. The van der Waals surface area contributed by atoms with Crippen molar-refractivity contribution in [2.45, 2.75) is 71.3 Å². The Balaban J connectivity index is 2.04. The van der Waals surface area contributed by atoms with Crippen LogP contribution in [0.5, 0.6) is 0 Å². The molecule has 0 radical (unpaired) electrons. The Hall–Kier alpha value is -1.65. The van der Waals surface area contributed by atoms with Gasteiger partial charge >= 0.3 is 0 Å². The summed E-state index contributed by atoms with van der Waals surface area (Å²) in [6.07, 6.45) is 11.0. The number of hydrogen-bond acceptors (Lipinski definition) is 4. The summed E-state index contributed by atoms with van der Waals surface area (Å²) in [5, 5.41) is 3.50. The number of hydrogen-bond donors (Lipinski definition) is 1. The van der Waals surface area contributed by atoms with Crippen molar-refractivity contribution in [3.05, 3.63) is 18.1 Å². The molecule has 1 aliphatic rings. The minimum atomic E-state index is 0.0139. The maximum atomic E-state index is 12.6. The molecule has 1 aromatic heterocycles. The largest absolute Gasteiger partial charge is 0.367 e. The standard InChI is InChI=1S/C18H30N4O/c1-3-11-22(12-4-2)18(23)16-13-17(20-14-19-16)21-15-9-7-5-6-8-10-15/h13-15H,3-12H2,1-2H3,(H,19,20,21). The maximum absolute atomic E-state index is 12.6. The van der Waals surface area contributed by atoms with Gasteiger partial charge < -0.3 is 10.2 Å². The molecule has 1 aliphatic carbocycles. The van der Waals surface area contributed by atoms with Crippen molar-refractivity contribution in [3.8, 4) is 0 Å². The lowest BCUT2D eigenvalue weighted by molar-refractivity contribution is 0.0749. The van der Waals surface area contributed by atoms with Crippen LogP contribution in [-0.4, -0.2) is 39.9 Å². The van der Waals surface area contributed by atoms with E-state index in [2.05, 4.69) is 29.1 Å². The summed E-state index contributed by atoms with van der Waals surface area (Å²) in [6, 6.07) is 2.28. The second-order valence-corrected chi connectivity index (χ2v) is 6.41. The maximum Gasteiger partial charge on any atom is 0.272 e. The average molecular weight is 318 g/mol. The first-order valence-electron chi connectivity index (χ1n) is 9.12. The van der Waals surface area contributed by atoms with E-state index in [1.807, 2.05) is 11.0 Å². The predicted octanol–water partition coefficient (Wildman–Crippen LogP) is 3.87. The van der Waals surface area contributed by atoms with Crippen LogP contribution in [0.2, 0.25) is 0 Å². The monoisotopic (exact) mass is 318 g/mol. The molecule has 128 valence electrons. The smallest absolute Gasteiger partial charge is 0.272 e. The second kappa shape index (κ2) is 9.48. The lowest BCUT2D eigenvalue weighted by atomic mass is 10.1. The molecule has 1 N–H and O–H groups in total. The van der Waals surface area contributed by atoms with Gasteiger partial charge in [0.05, 0.1) is 0 Å². The van der Waals surface area contributed by atoms with Gasteiger partial charge in [-0.05, 0) is 25.7 Å². The van der Waals surface area contributed by atoms with E-state index in [1.54, 1.807) is 0 Å². The van der Waals surface area contributed by atoms with Gasteiger partial charge in [-0.1, -0.05) is 39.5 Å². The average Bonchev–Trinajstić information content (AvgIpc) is 2.83. The lowest BCUT2D eigenvalue weighted by Crippen LogP contribution is -2.33. The van der Waals surface area contributed by atoms with Crippen molar-refractivity contribution in [2.75, 3.05) is 18.4 Å². The van der Waals surface area contributed by atoms with Crippen LogP contribution in [0.4, 0.5) is 5.82 Å². The number of amides is 1. The fraction of sp³-hybridized carbons (Fsp3) is 0.722. The molecule has 0 aliphatic heterocycles. The molecule has 0 saturated heterocycles. The molecule has 0 unspecified atom stereocenters. The molecule has 1 aromatic rings. The summed E-state index contributed by atoms with van der Waals surface area (Å²) in [7, 11) is 0. The Kier molecular flexibility index (Phi) is 7.30. The van der Waals surface area contributed by atoms with Crippen LogP contribution < -0.4 is 5.32 Å². The third-order valence-corrected chi connectivity index (χ3v) is 4.37. The van der Waals surface area contributed by atoms with Crippen molar-refractivity contribution in [2.24, 2.45) is 0 Å². The van der Waals surface area contributed by atoms with Crippen molar-refractivity contribution in [1.82, 2.24) is 14.9 Å². The van der Waals surface area contributed by atoms with Crippen molar-refractivity contribution in [3.63, 3.8) is 0 Å². The molecular formula is C18H30N4O. The van der Waals surface area contributed by atoms with Gasteiger partial charge in [0.2, 0.25) is 0 Å². The molecule has 5 heteroatoms. The van der Waals surface area contributed by atoms with Gasteiger partial charge in [0.1, 0.15) is 17.8 Å². The first kappa shape index (κ1) is 17.7. The van der Waals surface area contributed by atoms with Crippen molar-refractivity contribution >= 4 is 11.7 Å². The zero-order chi connectivity index (χ0) is 16.5. The van der Waals surface area contributed by atoms with E-state index in [1.165, 1.54) is 44.9 Å². The Morgan fingerprint density at radius 3 is 2.39 bits per heavy atom. The summed E-state index contributed by atoms with van der Waals surface area (Å²) in [6.45, 7) is 5.74. The van der Waals surface area contributed by atoms with E-state index in [-0.39, 0.29) is 5.91 Å². The van der Waals surface area contributed by atoms with E-state index >= 15 is 0 Å². The van der Waals surface area contributed by atoms with Crippen LogP contribution in [0.25, 0.3) is 0 Å². The highest BCUT2D eigenvalue weighted by atomic mass is 16.2. The molecule has 1 heterocycles. The third kappa shape index (κ3) is 5.48. The van der Waals surface area contributed by atoms with E-state index in [0.717, 1.165) is 31.7 Å². The van der Waals surface area contributed by atoms with Gasteiger partial charge in [-0.2, -0.15) is 0 Å². The molecule has 0 aromatic carbocycles. The van der Waals surface area contributed by atoms with E-state index < -0.39 is 0 Å². The van der Waals surface area contributed by atoms with E-state index in [4.69, 9.17) is 0 Å². The first-order valence-corrected chi connectivity index (χ1v) is 9.12. The number of anilines is 1. The molecule has 1 amide bonds. The topological polar surface area (TPSA) is 58.1 Å². The highest BCUT2D eigenvalue weighted by Gasteiger charge is 2.18. The number of carbonyl (C=O) groups excluding carboxylic acids is 1. The fourth-order valence-electron chi connectivity index (χ4n) is 3.20. The second-order valence-electron chi connectivity index (χ2n) is 6.41. The van der Waals surface area contributed by atoms with Gasteiger partial charge in [0.15, 0.2) is 0 Å². The number of aromatic nitrogens is 2. The quantitative estimate of drug-likeness (QED) is 0.775. The van der Waals surface area contributed by atoms with Gasteiger partial charge in [-0.3, -0.25) is 4.79 Å². The molecule has 23 heavy (non-hydrogen) atoms. The summed E-state index contributed by atoms with van der Waals surface area (Å²) in [5.74, 6) is 0.795. The van der Waals surface area contributed by atoms with Crippen molar-refractivity contribution in [1.29, 1.82) is 0 Å². The Labute approximate surface area is 139 Å². The van der Waals surface area contributed by atoms with Gasteiger partial charge in [-0.15, -0.1) is 0 Å². The lowest BCUT2D eigenvalue weighted by Gasteiger charge is -2.21. The minimum absolute atomic E-state index is 0.0139. The van der Waals surface area contributed by atoms with Gasteiger partial charge in [-0.25, -0.2) is 9.97 Å². The highest BCUT2D eigenvalue weighted by molar-refractivity contribution is 5.92. The summed E-state index contributed by atoms with van der Waals surface area (Å²) >= 11 is 0. The molecule has 0 spiro atoms. The Bertz CT molecular complexity index is 478. The van der Waals surface area contributed by atoms with Crippen LogP contribution in [-0.2, 0) is 0 Å². The summed E-state index contributed by atoms with van der Waals surface area (Å²) in [5.41, 5.74) is 0.498. The number of nitrogens with one attached hydrogen (secondary N) is 1. The van der Waals surface area contributed by atoms with Gasteiger partial charge in [0.25, 0.3) is 5.91 Å². The molecule has 1 saturated carbocycles. The molecule has 5 nitrogen and oxygen atoms in total. The Morgan fingerprint density at radius 2 is 1.78 bits per heavy atom. The minimum Gasteiger partial charge on any atom is -0.367 e. The van der Waals surface area contributed by atoms with Crippen LogP contribution in [0.15, 0.2) is 12.4 Å². The van der Waals surface area contributed by atoms with Crippen LogP contribution in [0, 0.1) is 0 Å². The number of carbonyl (C=O) groups is 1.